The van der Waals surface area contributed by atoms with E-state index in [1.807, 2.05) is 0 Å². The van der Waals surface area contributed by atoms with Crippen molar-refractivity contribution in [2.75, 3.05) is 0 Å². The zero-order valence-corrected chi connectivity index (χ0v) is 9.94. The summed E-state index contributed by atoms with van der Waals surface area (Å²) in [7, 11) is 0. The molecule has 0 aromatic rings. The van der Waals surface area contributed by atoms with Crippen molar-refractivity contribution in [1.82, 2.24) is 0 Å². The molecule has 0 heterocycles. The van der Waals surface area contributed by atoms with Crippen LogP contribution in [0.15, 0.2) is 0 Å². The van der Waals surface area contributed by atoms with Gasteiger partial charge in [-0.25, -0.2) is 0 Å². The zero-order chi connectivity index (χ0) is 9.56. The van der Waals surface area contributed by atoms with E-state index in [9.17, 15) is 4.79 Å². The normalized spacial score (nSPS) is 15.1. The Hall–Kier alpha value is -0.226. The molecule has 0 unspecified atom stereocenters. The van der Waals surface area contributed by atoms with Gasteiger partial charge in [0.1, 0.15) is 0 Å². The van der Waals surface area contributed by atoms with E-state index in [4.69, 9.17) is 21.1 Å². The molecular formula is C6H11N2O4Y-. The van der Waals surface area contributed by atoms with Crippen LogP contribution < -0.4 is 0 Å². The Bertz CT molecular complexity index is 166. The van der Waals surface area contributed by atoms with Gasteiger partial charge in [0.15, 0.2) is 0 Å². The maximum atomic E-state index is 10.3. The van der Waals surface area contributed by atoms with E-state index in [1.165, 1.54) is 0 Å². The molecule has 0 atom stereocenters. The topological polar surface area (TPSA) is 104 Å². The first kappa shape index (κ1) is 15.3. The summed E-state index contributed by atoms with van der Waals surface area (Å²) in [6, 6.07) is 0. The standard InChI is InChI=1S/C6H11NO.HNO3.Y/c7-6(8)5-3-1-2-4-5;2-1(3)4;/h5H,1-4H2,(H2,7,8);(H,2,3,4);/p-1. The van der Waals surface area contributed by atoms with Gasteiger partial charge in [-0.15, -0.1) is 10.1 Å². The molecule has 0 spiro atoms. The second-order valence-corrected chi connectivity index (χ2v) is 2.58. The van der Waals surface area contributed by atoms with Gasteiger partial charge in [0.05, 0.1) is 5.91 Å². The van der Waals surface area contributed by atoms with Gasteiger partial charge < -0.3 is 15.7 Å². The second-order valence-electron chi connectivity index (χ2n) is 2.58. The van der Waals surface area contributed by atoms with Crippen molar-refractivity contribution in [1.29, 1.82) is 0 Å². The number of hydrogen-bond donors (Lipinski definition) is 1. The summed E-state index contributed by atoms with van der Waals surface area (Å²) in [6.45, 7) is 0. The third-order valence-corrected chi connectivity index (χ3v) is 1.73. The fourth-order valence-corrected chi connectivity index (χ4v) is 1.19. The predicted octanol–water partition coefficient (Wildman–Crippen LogP) is 1.41. The molecule has 7 heteroatoms. The molecule has 1 rings (SSSR count). The molecule has 1 saturated carbocycles. The Morgan fingerprint density at radius 2 is 1.77 bits per heavy atom. The minimum Gasteiger partial charge on any atom is -0.668 e. The summed E-state index contributed by atoms with van der Waals surface area (Å²) < 4.78 is 0. The zero-order valence-electron chi connectivity index (χ0n) is 7.10. The number of nitrogens with zero attached hydrogens (tertiary/aromatic N) is 1. The number of hydrogen-bond acceptors (Lipinski definition) is 3. The molecule has 0 bridgehead atoms. The Labute approximate surface area is 101 Å². The molecule has 1 amide bonds. The van der Waals surface area contributed by atoms with E-state index in [-0.39, 0.29) is 44.5 Å². The number of nitrogens with one attached hydrogen (secondary N) is 1. The van der Waals surface area contributed by atoms with E-state index in [0.717, 1.165) is 25.7 Å². The quantitative estimate of drug-likeness (QED) is 0.570. The summed E-state index contributed by atoms with van der Waals surface area (Å²) in [6.07, 6.45) is 4.22. The number of carbonyl (C=O) groups excluding carboxylic acids is 1. The van der Waals surface area contributed by atoms with Crippen LogP contribution in [0.5, 0.6) is 0 Å². The third-order valence-electron chi connectivity index (χ3n) is 1.73. The minimum absolute atomic E-state index is 0. The van der Waals surface area contributed by atoms with Crippen molar-refractivity contribution >= 4 is 5.91 Å². The maximum absolute atomic E-state index is 10.3. The average molecular weight is 264 g/mol. The molecule has 1 fully saturated rings. The van der Waals surface area contributed by atoms with E-state index in [1.54, 1.807) is 0 Å². The third kappa shape index (κ3) is 9.69. The fraction of sp³-hybridized carbons (Fsp3) is 0.833. The van der Waals surface area contributed by atoms with Crippen molar-refractivity contribution in [2.45, 2.75) is 25.7 Å². The molecule has 1 aliphatic carbocycles. The van der Waals surface area contributed by atoms with Crippen LogP contribution in [0.1, 0.15) is 25.7 Å². The summed E-state index contributed by atoms with van der Waals surface area (Å²) in [5, 5.41) is 13.6. The van der Waals surface area contributed by atoms with Gasteiger partial charge >= 0.3 is 0 Å². The molecule has 0 aromatic carbocycles. The average Bonchev–Trinajstić information content (AvgIpc) is 2.34. The number of carbonyl (C=O) groups is 1. The smallest absolute Gasteiger partial charge is 0.291 e. The van der Waals surface area contributed by atoms with Gasteiger partial charge in [-0.3, -0.25) is 0 Å². The first-order valence-corrected chi connectivity index (χ1v) is 3.62. The summed E-state index contributed by atoms with van der Waals surface area (Å²) in [5.74, 6) is -0.266. The van der Waals surface area contributed by atoms with Crippen LogP contribution in [-0.4, -0.2) is 16.2 Å². The van der Waals surface area contributed by atoms with E-state index < -0.39 is 5.09 Å². The Morgan fingerprint density at radius 1 is 1.46 bits per heavy atom. The minimum atomic E-state index is -1.50. The predicted molar refractivity (Wildman–Crippen MR) is 40.1 cm³/mol. The number of rotatable bonds is 1. The SMILES string of the molecule is O=[N+]([O-])O.[NH-]C(=O)C1CCCC1.[Y]. The molecule has 1 radical (unpaired) electrons. The van der Waals surface area contributed by atoms with Gasteiger partial charge in [0.25, 0.3) is 5.09 Å². The van der Waals surface area contributed by atoms with Crippen molar-refractivity contribution in [3.05, 3.63) is 15.8 Å². The van der Waals surface area contributed by atoms with Crippen molar-refractivity contribution in [3.63, 3.8) is 0 Å². The van der Waals surface area contributed by atoms with E-state index in [0.29, 0.717) is 0 Å². The number of amides is 1. The van der Waals surface area contributed by atoms with Crippen molar-refractivity contribution < 1.29 is 47.8 Å². The molecule has 0 aliphatic heterocycles. The molecule has 73 valence electrons. The van der Waals surface area contributed by atoms with Crippen LogP contribution in [0, 0.1) is 16.0 Å². The van der Waals surface area contributed by atoms with Crippen LogP contribution in [0.3, 0.4) is 0 Å². The molecule has 13 heavy (non-hydrogen) atoms. The largest absolute Gasteiger partial charge is 0.668 e. The van der Waals surface area contributed by atoms with Crippen molar-refractivity contribution in [2.24, 2.45) is 5.92 Å². The molecule has 0 saturated heterocycles. The van der Waals surface area contributed by atoms with Gasteiger partial charge in [-0.05, 0) is 12.8 Å². The Morgan fingerprint density at radius 3 is 1.92 bits per heavy atom. The summed E-state index contributed by atoms with van der Waals surface area (Å²) >= 11 is 0. The second kappa shape index (κ2) is 8.38. The molecule has 0 aromatic heterocycles. The Balaban J connectivity index is 0. The molecule has 1 aliphatic rings. The molecule has 2 N–H and O–H groups in total. The van der Waals surface area contributed by atoms with Crippen LogP contribution >= 0.6 is 0 Å². The van der Waals surface area contributed by atoms with Gasteiger partial charge in [-0.2, -0.15) is 0 Å². The van der Waals surface area contributed by atoms with E-state index >= 15 is 0 Å². The van der Waals surface area contributed by atoms with Gasteiger partial charge in [0.2, 0.25) is 0 Å². The van der Waals surface area contributed by atoms with E-state index in [2.05, 4.69) is 0 Å². The summed E-state index contributed by atoms with van der Waals surface area (Å²) in [5.41, 5.74) is 6.74. The molecular weight excluding hydrogens is 253 g/mol. The maximum Gasteiger partial charge on any atom is 0.291 e. The van der Waals surface area contributed by atoms with Gasteiger partial charge in [-0.1, -0.05) is 12.8 Å². The first-order valence-electron chi connectivity index (χ1n) is 3.62. The molecule has 6 nitrogen and oxygen atoms in total. The monoisotopic (exact) mass is 264 g/mol. The Kier molecular flexibility index (Phi) is 9.83. The summed E-state index contributed by atoms with van der Waals surface area (Å²) in [4.78, 5) is 18.7. The van der Waals surface area contributed by atoms with Gasteiger partial charge in [0, 0.05) is 38.6 Å². The van der Waals surface area contributed by atoms with Crippen molar-refractivity contribution in [3.8, 4) is 0 Å². The van der Waals surface area contributed by atoms with Crippen LogP contribution in [0.25, 0.3) is 5.73 Å². The van der Waals surface area contributed by atoms with Crippen LogP contribution in [0.4, 0.5) is 0 Å². The fourth-order valence-electron chi connectivity index (χ4n) is 1.19. The first-order chi connectivity index (χ1) is 5.54. The van der Waals surface area contributed by atoms with Crippen LogP contribution in [-0.2, 0) is 37.5 Å². The van der Waals surface area contributed by atoms with Crippen LogP contribution in [0.2, 0.25) is 0 Å².